The van der Waals surface area contributed by atoms with Gasteiger partial charge in [-0.1, -0.05) is 11.3 Å². The van der Waals surface area contributed by atoms with Crippen LogP contribution in [0.4, 0.5) is 0 Å². The average molecular weight is 311 g/mol. The predicted molar refractivity (Wildman–Crippen MR) is 85.4 cm³/mol. The Kier molecular flexibility index (Phi) is 4.03. The third-order valence-electron chi connectivity index (χ3n) is 3.52. The number of aliphatic hydroxyl groups is 1. The summed E-state index contributed by atoms with van der Waals surface area (Å²) in [5.41, 5.74) is 2.53. The lowest BCUT2D eigenvalue weighted by Gasteiger charge is -2.08. The molecule has 7 nitrogen and oxygen atoms in total. The molecule has 23 heavy (non-hydrogen) atoms. The summed E-state index contributed by atoms with van der Waals surface area (Å²) in [5, 5.41) is 20.9. The summed E-state index contributed by atoms with van der Waals surface area (Å²) >= 11 is 0. The van der Waals surface area contributed by atoms with Crippen LogP contribution in [0.3, 0.4) is 0 Å². The molecule has 0 saturated carbocycles. The molecule has 0 radical (unpaired) electrons. The number of hydrogen-bond acceptors (Lipinski definition) is 5. The molecule has 0 saturated heterocycles. The lowest BCUT2D eigenvalue weighted by molar-refractivity contribution is 0.0918. The van der Waals surface area contributed by atoms with E-state index in [1.54, 1.807) is 24.7 Å². The number of rotatable bonds is 4. The highest BCUT2D eigenvalue weighted by Gasteiger charge is 2.18. The first kappa shape index (κ1) is 15.1. The average Bonchev–Trinajstić information content (AvgIpc) is 2.93. The highest BCUT2D eigenvalue weighted by atomic mass is 16.3. The highest BCUT2D eigenvalue weighted by molar-refractivity contribution is 5.94. The number of carbonyl (C=O) groups is 1. The smallest absolute Gasteiger partial charge is 0.273 e. The molecule has 0 spiro atoms. The van der Waals surface area contributed by atoms with Gasteiger partial charge in [0.1, 0.15) is 0 Å². The van der Waals surface area contributed by atoms with Crippen molar-refractivity contribution in [1.82, 2.24) is 25.3 Å². The fourth-order valence-corrected chi connectivity index (χ4v) is 2.36. The van der Waals surface area contributed by atoms with Gasteiger partial charge >= 0.3 is 0 Å². The van der Waals surface area contributed by atoms with Gasteiger partial charge in [0.15, 0.2) is 5.69 Å². The largest absolute Gasteiger partial charge is 0.392 e. The van der Waals surface area contributed by atoms with Crippen LogP contribution >= 0.6 is 0 Å². The Bertz CT molecular complexity index is 851. The minimum atomic E-state index is -0.613. The van der Waals surface area contributed by atoms with Crippen molar-refractivity contribution in [3.63, 3.8) is 0 Å². The summed E-state index contributed by atoms with van der Waals surface area (Å²) in [6, 6.07) is 9.52. The fourth-order valence-electron chi connectivity index (χ4n) is 2.36. The van der Waals surface area contributed by atoms with Crippen LogP contribution in [-0.4, -0.2) is 43.6 Å². The molecule has 3 rings (SSSR count). The Balaban J connectivity index is 2.00. The van der Waals surface area contributed by atoms with Crippen LogP contribution in [0.5, 0.6) is 0 Å². The molecule has 7 heteroatoms. The zero-order chi connectivity index (χ0) is 16.4. The van der Waals surface area contributed by atoms with Gasteiger partial charge in [0.25, 0.3) is 5.91 Å². The summed E-state index contributed by atoms with van der Waals surface area (Å²) < 4.78 is 1.63. The van der Waals surface area contributed by atoms with E-state index in [2.05, 4.69) is 20.6 Å². The minimum Gasteiger partial charge on any atom is -0.392 e. The van der Waals surface area contributed by atoms with Crippen molar-refractivity contribution in [2.24, 2.45) is 0 Å². The van der Waals surface area contributed by atoms with E-state index in [4.69, 9.17) is 0 Å². The number of benzene rings is 1. The molecule has 2 heterocycles. The minimum absolute atomic E-state index is 0.170. The third-order valence-corrected chi connectivity index (χ3v) is 3.52. The summed E-state index contributed by atoms with van der Waals surface area (Å²) in [5.74, 6) is -0.354. The van der Waals surface area contributed by atoms with E-state index in [0.29, 0.717) is 5.69 Å². The standard InChI is InChI=1S/C16H17N5O2/c1-10(22)9-18-16(23)15-11(2)21(20-19-15)14-7-3-6-13-12(14)5-4-8-17-13/h3-8,10,22H,9H2,1-2H3,(H,18,23). The molecule has 0 aliphatic carbocycles. The lowest BCUT2D eigenvalue weighted by Crippen LogP contribution is -2.31. The lowest BCUT2D eigenvalue weighted by atomic mass is 10.2. The van der Waals surface area contributed by atoms with Gasteiger partial charge in [-0.3, -0.25) is 9.78 Å². The Morgan fingerprint density at radius 1 is 1.35 bits per heavy atom. The number of hydrogen-bond donors (Lipinski definition) is 2. The molecule has 0 bridgehead atoms. The number of nitrogens with one attached hydrogen (secondary N) is 1. The zero-order valence-electron chi connectivity index (χ0n) is 12.9. The van der Waals surface area contributed by atoms with Crippen LogP contribution in [-0.2, 0) is 0 Å². The van der Waals surface area contributed by atoms with Crippen molar-refractivity contribution < 1.29 is 9.90 Å². The number of fused-ring (bicyclic) bond motifs is 1. The molecule has 0 fully saturated rings. The fraction of sp³-hybridized carbons (Fsp3) is 0.250. The van der Waals surface area contributed by atoms with Gasteiger partial charge in [0.2, 0.25) is 0 Å². The predicted octanol–water partition coefficient (Wildman–Crippen LogP) is 1.23. The number of amides is 1. The maximum absolute atomic E-state index is 12.1. The van der Waals surface area contributed by atoms with Crippen molar-refractivity contribution in [2.45, 2.75) is 20.0 Å². The summed E-state index contributed by atoms with van der Waals surface area (Å²) in [4.78, 5) is 16.4. The monoisotopic (exact) mass is 311 g/mol. The van der Waals surface area contributed by atoms with E-state index in [-0.39, 0.29) is 18.1 Å². The van der Waals surface area contributed by atoms with Gasteiger partial charge in [-0.05, 0) is 38.1 Å². The highest BCUT2D eigenvalue weighted by Crippen LogP contribution is 2.21. The Hall–Kier alpha value is -2.80. The van der Waals surface area contributed by atoms with Gasteiger partial charge in [-0.2, -0.15) is 0 Å². The van der Waals surface area contributed by atoms with Crippen molar-refractivity contribution in [3.05, 3.63) is 47.9 Å². The second-order valence-electron chi connectivity index (χ2n) is 5.34. The molecule has 1 amide bonds. The quantitative estimate of drug-likeness (QED) is 0.756. The molecule has 3 aromatic rings. The second kappa shape index (κ2) is 6.13. The normalized spacial score (nSPS) is 12.3. The molecule has 1 aromatic carbocycles. The van der Waals surface area contributed by atoms with Crippen molar-refractivity contribution >= 4 is 16.8 Å². The molecule has 2 N–H and O–H groups in total. The maximum Gasteiger partial charge on any atom is 0.273 e. The van der Waals surface area contributed by atoms with E-state index < -0.39 is 6.10 Å². The second-order valence-corrected chi connectivity index (χ2v) is 5.34. The van der Waals surface area contributed by atoms with Crippen LogP contribution in [0.15, 0.2) is 36.5 Å². The molecule has 2 aromatic heterocycles. The molecule has 1 atom stereocenters. The number of pyridine rings is 1. The summed E-state index contributed by atoms with van der Waals surface area (Å²) in [6.07, 6.45) is 1.12. The van der Waals surface area contributed by atoms with Gasteiger partial charge in [0.05, 0.1) is 23.0 Å². The van der Waals surface area contributed by atoms with Crippen LogP contribution in [0.1, 0.15) is 23.1 Å². The molecular weight excluding hydrogens is 294 g/mol. The van der Waals surface area contributed by atoms with Crippen molar-refractivity contribution in [2.75, 3.05) is 6.54 Å². The topological polar surface area (TPSA) is 92.9 Å². The summed E-state index contributed by atoms with van der Waals surface area (Å²) in [6.45, 7) is 3.56. The van der Waals surface area contributed by atoms with Crippen molar-refractivity contribution in [1.29, 1.82) is 0 Å². The van der Waals surface area contributed by atoms with E-state index in [1.165, 1.54) is 0 Å². The summed E-state index contributed by atoms with van der Waals surface area (Å²) in [7, 11) is 0. The Morgan fingerprint density at radius 2 is 2.17 bits per heavy atom. The van der Waals surface area contributed by atoms with Gasteiger partial charge < -0.3 is 10.4 Å². The van der Waals surface area contributed by atoms with Crippen LogP contribution in [0.25, 0.3) is 16.6 Å². The van der Waals surface area contributed by atoms with Crippen molar-refractivity contribution in [3.8, 4) is 5.69 Å². The maximum atomic E-state index is 12.1. The van der Waals surface area contributed by atoms with E-state index in [1.807, 2.05) is 30.3 Å². The Morgan fingerprint density at radius 3 is 2.96 bits per heavy atom. The van der Waals surface area contributed by atoms with Gasteiger partial charge in [-0.25, -0.2) is 4.68 Å². The van der Waals surface area contributed by atoms with E-state index in [0.717, 1.165) is 16.6 Å². The van der Waals surface area contributed by atoms with Crippen LogP contribution in [0.2, 0.25) is 0 Å². The van der Waals surface area contributed by atoms with E-state index >= 15 is 0 Å². The number of aliphatic hydroxyl groups excluding tert-OH is 1. The third kappa shape index (κ3) is 2.91. The first-order valence-corrected chi connectivity index (χ1v) is 7.30. The van der Waals surface area contributed by atoms with Crippen LogP contribution < -0.4 is 5.32 Å². The molecule has 0 aliphatic rings. The number of nitrogens with zero attached hydrogens (tertiary/aromatic N) is 4. The SMILES string of the molecule is Cc1c(C(=O)NCC(C)O)nnn1-c1cccc2ncccc12. The molecule has 1 unspecified atom stereocenters. The van der Waals surface area contributed by atoms with Gasteiger partial charge in [0, 0.05) is 18.1 Å². The number of carbonyl (C=O) groups excluding carboxylic acids is 1. The molecule has 0 aliphatic heterocycles. The molecule has 118 valence electrons. The first-order valence-electron chi connectivity index (χ1n) is 7.30. The first-order chi connectivity index (χ1) is 11.1. The Labute approximate surface area is 133 Å². The zero-order valence-corrected chi connectivity index (χ0v) is 12.9. The van der Waals surface area contributed by atoms with Crippen LogP contribution in [0, 0.1) is 6.92 Å². The molecular formula is C16H17N5O2. The number of aromatic nitrogens is 4. The van der Waals surface area contributed by atoms with E-state index in [9.17, 15) is 9.90 Å². The van der Waals surface area contributed by atoms with Gasteiger partial charge in [-0.15, -0.1) is 5.10 Å².